The van der Waals surface area contributed by atoms with Gasteiger partial charge in [-0.1, -0.05) is 32.3 Å². The van der Waals surface area contributed by atoms with Gasteiger partial charge in [-0.25, -0.2) is 0 Å². The Bertz CT molecular complexity index is 821. The summed E-state index contributed by atoms with van der Waals surface area (Å²) in [7, 11) is 1.53. The van der Waals surface area contributed by atoms with Crippen LogP contribution >= 0.6 is 0 Å². The standard InChI is InChI=1S/C23H30N2O5/c1-4-5-6-7-14-29-19-11-9-18(10-12-19)23(27)25-24-22(26)16-30-20-13-8-17(2)15-21(20)28-3/h8-13,15H,4-7,14,16H2,1-3H3,(H,24,26)(H,25,27). The fraction of sp³-hybridized carbons (Fsp3) is 0.391. The van der Waals surface area contributed by atoms with E-state index in [1.165, 1.54) is 20.0 Å². The number of ether oxygens (including phenoxy) is 3. The van der Waals surface area contributed by atoms with E-state index < -0.39 is 11.8 Å². The average Bonchev–Trinajstić information content (AvgIpc) is 2.76. The van der Waals surface area contributed by atoms with Crippen LogP contribution in [0.25, 0.3) is 0 Å². The minimum atomic E-state index is -0.488. The molecule has 2 aromatic rings. The van der Waals surface area contributed by atoms with Crippen molar-refractivity contribution in [1.29, 1.82) is 0 Å². The molecule has 0 saturated heterocycles. The minimum Gasteiger partial charge on any atom is -0.494 e. The predicted octanol–water partition coefficient (Wildman–Crippen LogP) is 3.80. The molecule has 0 aliphatic heterocycles. The molecule has 0 aliphatic rings. The second-order valence-corrected chi connectivity index (χ2v) is 6.88. The Labute approximate surface area is 177 Å². The van der Waals surface area contributed by atoms with E-state index in [0.717, 1.165) is 18.4 Å². The molecule has 2 rings (SSSR count). The Kier molecular flexibility index (Phi) is 9.51. The summed E-state index contributed by atoms with van der Waals surface area (Å²) < 4.78 is 16.3. The first-order chi connectivity index (χ1) is 14.5. The molecule has 162 valence electrons. The molecule has 0 aromatic heterocycles. The van der Waals surface area contributed by atoms with Crippen molar-refractivity contribution in [2.75, 3.05) is 20.3 Å². The number of methoxy groups -OCH3 is 1. The van der Waals surface area contributed by atoms with E-state index in [0.29, 0.717) is 29.4 Å². The molecule has 0 aliphatic carbocycles. The second kappa shape index (κ2) is 12.4. The van der Waals surface area contributed by atoms with Crippen molar-refractivity contribution < 1.29 is 23.8 Å². The zero-order valence-corrected chi connectivity index (χ0v) is 17.8. The van der Waals surface area contributed by atoms with Crippen LogP contribution in [0.1, 0.15) is 48.5 Å². The summed E-state index contributed by atoms with van der Waals surface area (Å²) in [6.07, 6.45) is 4.56. The van der Waals surface area contributed by atoms with Crippen LogP contribution in [0.4, 0.5) is 0 Å². The van der Waals surface area contributed by atoms with E-state index in [-0.39, 0.29) is 6.61 Å². The number of carbonyl (C=O) groups is 2. The molecule has 0 fully saturated rings. The van der Waals surface area contributed by atoms with Crippen LogP contribution in [0.5, 0.6) is 17.2 Å². The average molecular weight is 415 g/mol. The van der Waals surface area contributed by atoms with E-state index >= 15 is 0 Å². The maximum atomic E-state index is 12.2. The van der Waals surface area contributed by atoms with Crippen LogP contribution in [0, 0.1) is 6.92 Å². The topological polar surface area (TPSA) is 85.9 Å². The highest BCUT2D eigenvalue weighted by molar-refractivity contribution is 5.95. The summed E-state index contributed by atoms with van der Waals surface area (Å²) in [4.78, 5) is 24.1. The number of hydrogen-bond acceptors (Lipinski definition) is 5. The van der Waals surface area contributed by atoms with Crippen molar-refractivity contribution in [3.8, 4) is 17.2 Å². The first-order valence-corrected chi connectivity index (χ1v) is 10.1. The number of carbonyl (C=O) groups excluding carboxylic acids is 2. The van der Waals surface area contributed by atoms with E-state index in [1.807, 2.05) is 19.1 Å². The number of aryl methyl sites for hydroxylation is 1. The van der Waals surface area contributed by atoms with E-state index in [9.17, 15) is 9.59 Å². The smallest absolute Gasteiger partial charge is 0.276 e. The van der Waals surface area contributed by atoms with Crippen molar-refractivity contribution in [1.82, 2.24) is 10.9 Å². The molecule has 0 saturated carbocycles. The van der Waals surface area contributed by atoms with Gasteiger partial charge in [-0.2, -0.15) is 0 Å². The van der Waals surface area contributed by atoms with Gasteiger partial charge in [0, 0.05) is 5.56 Å². The van der Waals surface area contributed by atoms with E-state index in [1.54, 1.807) is 30.3 Å². The summed E-state index contributed by atoms with van der Waals surface area (Å²) in [6.45, 7) is 4.50. The Morgan fingerprint density at radius 2 is 1.67 bits per heavy atom. The molecule has 2 aromatic carbocycles. The summed E-state index contributed by atoms with van der Waals surface area (Å²) in [5.74, 6) is 0.797. The lowest BCUT2D eigenvalue weighted by Crippen LogP contribution is -2.43. The fourth-order valence-corrected chi connectivity index (χ4v) is 2.69. The normalized spacial score (nSPS) is 10.2. The van der Waals surface area contributed by atoms with Crippen molar-refractivity contribution in [2.24, 2.45) is 0 Å². The lowest BCUT2D eigenvalue weighted by atomic mass is 10.2. The summed E-state index contributed by atoms with van der Waals surface area (Å²) in [6, 6.07) is 12.2. The van der Waals surface area contributed by atoms with Crippen LogP contribution < -0.4 is 25.1 Å². The predicted molar refractivity (Wildman–Crippen MR) is 115 cm³/mol. The van der Waals surface area contributed by atoms with Crippen molar-refractivity contribution in [3.63, 3.8) is 0 Å². The largest absolute Gasteiger partial charge is 0.494 e. The van der Waals surface area contributed by atoms with Crippen LogP contribution in [0.3, 0.4) is 0 Å². The van der Waals surface area contributed by atoms with E-state index in [4.69, 9.17) is 14.2 Å². The quantitative estimate of drug-likeness (QED) is 0.431. The Hall–Kier alpha value is -3.22. The lowest BCUT2D eigenvalue weighted by Gasteiger charge is -2.12. The molecular weight excluding hydrogens is 384 g/mol. The highest BCUT2D eigenvalue weighted by Gasteiger charge is 2.10. The van der Waals surface area contributed by atoms with Crippen LogP contribution in [0.15, 0.2) is 42.5 Å². The Balaban J connectivity index is 1.73. The maximum absolute atomic E-state index is 12.2. The minimum absolute atomic E-state index is 0.259. The lowest BCUT2D eigenvalue weighted by molar-refractivity contribution is -0.123. The van der Waals surface area contributed by atoms with Gasteiger partial charge >= 0.3 is 0 Å². The monoisotopic (exact) mass is 414 g/mol. The molecule has 0 bridgehead atoms. The third-order valence-corrected chi connectivity index (χ3v) is 4.38. The highest BCUT2D eigenvalue weighted by atomic mass is 16.5. The first kappa shape index (κ1) is 23.1. The van der Waals surface area contributed by atoms with Gasteiger partial charge in [0.05, 0.1) is 13.7 Å². The number of hydrogen-bond donors (Lipinski definition) is 2. The molecule has 0 radical (unpaired) electrons. The summed E-state index contributed by atoms with van der Waals surface area (Å²) in [5.41, 5.74) is 6.13. The molecule has 30 heavy (non-hydrogen) atoms. The van der Waals surface area contributed by atoms with Crippen molar-refractivity contribution in [3.05, 3.63) is 53.6 Å². The molecule has 2 amide bonds. The van der Waals surface area contributed by atoms with E-state index in [2.05, 4.69) is 17.8 Å². The second-order valence-electron chi connectivity index (χ2n) is 6.88. The van der Waals surface area contributed by atoms with Gasteiger partial charge in [0.25, 0.3) is 11.8 Å². The Morgan fingerprint density at radius 1 is 0.900 bits per heavy atom. The van der Waals surface area contributed by atoms with Gasteiger partial charge in [-0.15, -0.1) is 0 Å². The highest BCUT2D eigenvalue weighted by Crippen LogP contribution is 2.27. The molecule has 2 N–H and O–H groups in total. The van der Waals surface area contributed by atoms with Crippen LogP contribution in [-0.2, 0) is 4.79 Å². The zero-order chi connectivity index (χ0) is 21.8. The van der Waals surface area contributed by atoms with Gasteiger partial charge in [0.1, 0.15) is 5.75 Å². The molecule has 7 heteroatoms. The number of rotatable bonds is 11. The molecule has 0 unspecified atom stereocenters. The van der Waals surface area contributed by atoms with Crippen molar-refractivity contribution >= 4 is 11.8 Å². The molecule has 0 spiro atoms. The van der Waals surface area contributed by atoms with Gasteiger partial charge in [0.15, 0.2) is 18.1 Å². The molecule has 0 atom stereocenters. The number of hydrazine groups is 1. The summed E-state index contributed by atoms with van der Waals surface area (Å²) >= 11 is 0. The van der Waals surface area contributed by atoms with Gasteiger partial charge in [-0.05, 0) is 55.3 Å². The summed E-state index contributed by atoms with van der Waals surface area (Å²) in [5, 5.41) is 0. The third-order valence-electron chi connectivity index (χ3n) is 4.38. The van der Waals surface area contributed by atoms with Crippen LogP contribution in [-0.4, -0.2) is 32.1 Å². The molecule has 7 nitrogen and oxygen atoms in total. The first-order valence-electron chi connectivity index (χ1n) is 10.1. The number of benzene rings is 2. The third kappa shape index (κ3) is 7.66. The maximum Gasteiger partial charge on any atom is 0.276 e. The number of nitrogens with one attached hydrogen (secondary N) is 2. The fourth-order valence-electron chi connectivity index (χ4n) is 2.69. The van der Waals surface area contributed by atoms with Gasteiger partial charge < -0.3 is 14.2 Å². The van der Waals surface area contributed by atoms with Crippen molar-refractivity contribution in [2.45, 2.75) is 39.5 Å². The molecule has 0 heterocycles. The van der Waals surface area contributed by atoms with Gasteiger partial charge in [0.2, 0.25) is 0 Å². The molecular formula is C23H30N2O5. The number of unbranched alkanes of at least 4 members (excludes halogenated alkanes) is 3. The zero-order valence-electron chi connectivity index (χ0n) is 17.8. The van der Waals surface area contributed by atoms with Gasteiger partial charge in [-0.3, -0.25) is 20.4 Å². The number of amides is 2. The van der Waals surface area contributed by atoms with Crippen LogP contribution in [0.2, 0.25) is 0 Å². The SMILES string of the molecule is CCCCCCOc1ccc(C(=O)NNC(=O)COc2ccc(C)cc2OC)cc1. The Morgan fingerprint density at radius 3 is 2.37 bits per heavy atom.